The van der Waals surface area contributed by atoms with Crippen LogP contribution in [0.5, 0.6) is 0 Å². The number of benzene rings is 1. The van der Waals surface area contributed by atoms with E-state index in [4.69, 9.17) is 5.73 Å². The lowest BCUT2D eigenvalue weighted by Gasteiger charge is -2.17. The summed E-state index contributed by atoms with van der Waals surface area (Å²) in [4.78, 5) is 12.0. The molecule has 0 saturated carbocycles. The van der Waals surface area contributed by atoms with Crippen LogP contribution in [-0.2, 0) is 4.79 Å². The Labute approximate surface area is 102 Å². The van der Waals surface area contributed by atoms with E-state index in [0.29, 0.717) is 6.42 Å². The van der Waals surface area contributed by atoms with E-state index in [1.165, 1.54) is 0 Å². The summed E-state index contributed by atoms with van der Waals surface area (Å²) < 4.78 is 0. The van der Waals surface area contributed by atoms with Crippen molar-refractivity contribution in [2.75, 3.05) is 0 Å². The highest BCUT2D eigenvalue weighted by molar-refractivity contribution is 5.81. The zero-order valence-electron chi connectivity index (χ0n) is 9.97. The first-order valence-corrected chi connectivity index (χ1v) is 5.96. The van der Waals surface area contributed by atoms with Crippen LogP contribution in [0.25, 0.3) is 0 Å². The summed E-state index contributed by atoms with van der Waals surface area (Å²) in [6.45, 7) is 1.99. The topological polar surface area (TPSA) is 55.1 Å². The molecule has 90 valence electrons. The molecule has 0 fully saturated rings. The van der Waals surface area contributed by atoms with Crippen LogP contribution in [0.4, 0.5) is 0 Å². The Morgan fingerprint density at radius 3 is 2.65 bits per heavy atom. The average Bonchev–Trinajstić information content (AvgIpc) is 2.77. The van der Waals surface area contributed by atoms with Gasteiger partial charge in [0.25, 0.3) is 0 Å². The van der Waals surface area contributed by atoms with Gasteiger partial charge in [-0.1, -0.05) is 42.5 Å². The van der Waals surface area contributed by atoms with Crippen molar-refractivity contribution in [2.45, 2.75) is 25.4 Å². The van der Waals surface area contributed by atoms with Crippen LogP contribution in [0.15, 0.2) is 42.5 Å². The average molecular weight is 230 g/mol. The van der Waals surface area contributed by atoms with Crippen LogP contribution < -0.4 is 11.1 Å². The minimum Gasteiger partial charge on any atom is -0.349 e. The van der Waals surface area contributed by atoms with Crippen molar-refractivity contribution >= 4 is 5.91 Å². The Morgan fingerprint density at radius 2 is 2.06 bits per heavy atom. The number of nitrogens with two attached hydrogens (primary N) is 1. The molecule has 0 aliphatic heterocycles. The maximum Gasteiger partial charge on any atom is 0.227 e. The molecule has 1 aromatic rings. The highest BCUT2D eigenvalue weighted by Gasteiger charge is 2.23. The van der Waals surface area contributed by atoms with E-state index in [1.807, 2.05) is 49.4 Å². The lowest BCUT2D eigenvalue weighted by Crippen LogP contribution is -2.32. The summed E-state index contributed by atoms with van der Waals surface area (Å²) in [5.41, 5.74) is 6.86. The van der Waals surface area contributed by atoms with Gasteiger partial charge in [-0.25, -0.2) is 0 Å². The third-order valence-corrected chi connectivity index (χ3v) is 3.11. The maximum absolute atomic E-state index is 12.0. The molecule has 3 heteroatoms. The number of rotatable bonds is 3. The Balaban J connectivity index is 1.93. The van der Waals surface area contributed by atoms with Crippen LogP contribution >= 0.6 is 0 Å². The molecule has 1 aliphatic rings. The van der Waals surface area contributed by atoms with Gasteiger partial charge in [-0.3, -0.25) is 4.79 Å². The largest absolute Gasteiger partial charge is 0.349 e. The first kappa shape index (κ1) is 11.9. The molecule has 3 nitrogen and oxygen atoms in total. The van der Waals surface area contributed by atoms with Crippen molar-refractivity contribution in [3.63, 3.8) is 0 Å². The van der Waals surface area contributed by atoms with Crippen LogP contribution in [-0.4, -0.2) is 11.9 Å². The lowest BCUT2D eigenvalue weighted by atomic mass is 10.0. The van der Waals surface area contributed by atoms with Gasteiger partial charge in [0.2, 0.25) is 5.91 Å². The molecule has 2 rings (SSSR count). The fourth-order valence-corrected chi connectivity index (χ4v) is 2.07. The summed E-state index contributed by atoms with van der Waals surface area (Å²) >= 11 is 0. The molecule has 0 heterocycles. The fourth-order valence-electron chi connectivity index (χ4n) is 2.07. The van der Waals surface area contributed by atoms with Gasteiger partial charge in [-0.2, -0.15) is 0 Å². The second-order valence-electron chi connectivity index (χ2n) is 4.53. The second kappa shape index (κ2) is 5.15. The molecule has 0 bridgehead atoms. The zero-order chi connectivity index (χ0) is 12.3. The Hall–Kier alpha value is -1.61. The number of hydrogen-bond acceptors (Lipinski definition) is 2. The Morgan fingerprint density at radius 1 is 1.35 bits per heavy atom. The van der Waals surface area contributed by atoms with Crippen molar-refractivity contribution in [2.24, 2.45) is 11.7 Å². The quantitative estimate of drug-likeness (QED) is 0.777. The van der Waals surface area contributed by atoms with Gasteiger partial charge < -0.3 is 11.1 Å². The van der Waals surface area contributed by atoms with Gasteiger partial charge in [0.05, 0.1) is 12.0 Å². The van der Waals surface area contributed by atoms with Gasteiger partial charge in [-0.15, -0.1) is 0 Å². The van der Waals surface area contributed by atoms with Crippen molar-refractivity contribution < 1.29 is 4.79 Å². The SMILES string of the molecule is CC(NC(=O)C1C=CC(N)C1)c1ccccc1. The minimum atomic E-state index is -0.0730. The Kier molecular flexibility index (Phi) is 3.59. The van der Waals surface area contributed by atoms with Crippen LogP contribution in [0.1, 0.15) is 24.9 Å². The third-order valence-electron chi connectivity index (χ3n) is 3.11. The van der Waals surface area contributed by atoms with Crippen LogP contribution in [0.2, 0.25) is 0 Å². The summed E-state index contributed by atoms with van der Waals surface area (Å²) in [6, 6.07) is 10.0. The van der Waals surface area contributed by atoms with E-state index in [1.54, 1.807) is 0 Å². The maximum atomic E-state index is 12.0. The summed E-state index contributed by atoms with van der Waals surface area (Å²) in [5, 5.41) is 3.01. The number of hydrogen-bond donors (Lipinski definition) is 2. The molecule has 0 aromatic heterocycles. The van der Waals surface area contributed by atoms with Crippen molar-refractivity contribution in [1.82, 2.24) is 5.32 Å². The molecular formula is C14H18N2O. The molecule has 17 heavy (non-hydrogen) atoms. The van der Waals surface area contributed by atoms with Crippen molar-refractivity contribution in [3.8, 4) is 0 Å². The minimum absolute atomic E-state index is 0.0257. The second-order valence-corrected chi connectivity index (χ2v) is 4.53. The normalized spacial score (nSPS) is 24.6. The highest BCUT2D eigenvalue weighted by atomic mass is 16.1. The summed E-state index contributed by atoms with van der Waals surface area (Å²) in [7, 11) is 0. The molecule has 3 N–H and O–H groups in total. The van der Waals surface area contributed by atoms with E-state index >= 15 is 0 Å². The third kappa shape index (κ3) is 2.94. The van der Waals surface area contributed by atoms with E-state index in [9.17, 15) is 4.79 Å². The molecule has 1 amide bonds. The number of nitrogens with one attached hydrogen (secondary N) is 1. The summed E-state index contributed by atoms with van der Waals surface area (Å²) in [6.07, 6.45) is 4.52. The number of carbonyl (C=O) groups is 1. The molecule has 1 aromatic carbocycles. The van der Waals surface area contributed by atoms with Gasteiger partial charge in [-0.05, 0) is 18.9 Å². The standard InChI is InChI=1S/C14H18N2O/c1-10(11-5-3-2-4-6-11)16-14(17)12-7-8-13(15)9-12/h2-8,10,12-13H,9,15H2,1H3,(H,16,17). The predicted octanol–water partition coefficient (Wildman–Crippen LogP) is 1.77. The van der Waals surface area contributed by atoms with Gasteiger partial charge in [0, 0.05) is 6.04 Å². The molecule has 0 spiro atoms. The van der Waals surface area contributed by atoms with E-state index in [0.717, 1.165) is 5.56 Å². The monoisotopic (exact) mass is 230 g/mol. The van der Waals surface area contributed by atoms with E-state index in [2.05, 4.69) is 5.32 Å². The molecule has 3 unspecified atom stereocenters. The van der Waals surface area contributed by atoms with Crippen LogP contribution in [0.3, 0.4) is 0 Å². The summed E-state index contributed by atoms with van der Waals surface area (Å²) in [5.74, 6) is -0.0123. The predicted molar refractivity (Wildman–Crippen MR) is 68.2 cm³/mol. The van der Waals surface area contributed by atoms with Gasteiger partial charge >= 0.3 is 0 Å². The first-order valence-electron chi connectivity index (χ1n) is 5.96. The Bertz CT molecular complexity index is 413. The molecule has 0 radical (unpaired) electrons. The zero-order valence-corrected chi connectivity index (χ0v) is 9.97. The van der Waals surface area contributed by atoms with Gasteiger partial charge in [0.1, 0.15) is 0 Å². The van der Waals surface area contributed by atoms with E-state index in [-0.39, 0.29) is 23.9 Å². The number of carbonyl (C=O) groups excluding carboxylic acids is 1. The first-order chi connectivity index (χ1) is 8.16. The molecule has 1 aliphatic carbocycles. The van der Waals surface area contributed by atoms with Crippen molar-refractivity contribution in [3.05, 3.63) is 48.0 Å². The number of amides is 1. The van der Waals surface area contributed by atoms with Crippen molar-refractivity contribution in [1.29, 1.82) is 0 Å². The molecule has 3 atom stereocenters. The molecular weight excluding hydrogens is 212 g/mol. The van der Waals surface area contributed by atoms with Crippen LogP contribution in [0, 0.1) is 5.92 Å². The van der Waals surface area contributed by atoms with Gasteiger partial charge in [0.15, 0.2) is 0 Å². The fraction of sp³-hybridized carbons (Fsp3) is 0.357. The highest BCUT2D eigenvalue weighted by Crippen LogP contribution is 2.18. The smallest absolute Gasteiger partial charge is 0.227 e. The lowest BCUT2D eigenvalue weighted by molar-refractivity contribution is -0.124. The van der Waals surface area contributed by atoms with E-state index < -0.39 is 0 Å². The molecule has 0 saturated heterocycles.